The molecule has 0 saturated carbocycles. The molecule has 1 aliphatic heterocycles. The molecule has 0 bridgehead atoms. The summed E-state index contributed by atoms with van der Waals surface area (Å²) in [6.45, 7) is 7.63. The molecule has 9 nitrogen and oxygen atoms in total. The first-order chi connectivity index (χ1) is 15.4. The first-order valence-corrected chi connectivity index (χ1v) is 10.5. The number of imidazole rings is 1. The molecular formula is C22H23FN8O. The second-order valence-corrected chi connectivity index (χ2v) is 8.31. The number of nitrogens with one attached hydrogen (secondary N) is 2. The van der Waals surface area contributed by atoms with Crippen molar-refractivity contribution in [2.75, 3.05) is 23.3 Å². The maximum atomic E-state index is 14.4. The fourth-order valence-corrected chi connectivity index (χ4v) is 4.33. The van der Waals surface area contributed by atoms with Gasteiger partial charge in [0.1, 0.15) is 11.3 Å². The van der Waals surface area contributed by atoms with E-state index in [1.54, 1.807) is 29.9 Å². The second-order valence-electron chi connectivity index (χ2n) is 8.31. The van der Waals surface area contributed by atoms with E-state index in [2.05, 4.69) is 49.5 Å². The zero-order chi connectivity index (χ0) is 22.4. The number of rotatable bonds is 3. The van der Waals surface area contributed by atoms with Crippen molar-refractivity contribution < 1.29 is 9.18 Å². The highest BCUT2D eigenvalue weighted by atomic mass is 19.1. The van der Waals surface area contributed by atoms with E-state index in [1.165, 1.54) is 12.3 Å². The average Bonchev–Trinajstić information content (AvgIpc) is 3.13. The number of carbonyl (C=O) groups excluding carboxylic acids is 1. The van der Waals surface area contributed by atoms with Crippen LogP contribution in [0, 0.1) is 12.7 Å². The summed E-state index contributed by atoms with van der Waals surface area (Å²) in [7, 11) is 0. The summed E-state index contributed by atoms with van der Waals surface area (Å²) in [6.07, 6.45) is 6.42. The molecule has 32 heavy (non-hydrogen) atoms. The van der Waals surface area contributed by atoms with Gasteiger partial charge in [-0.25, -0.2) is 14.4 Å². The molecule has 1 fully saturated rings. The lowest BCUT2D eigenvalue weighted by atomic mass is 10.1. The van der Waals surface area contributed by atoms with Crippen molar-refractivity contribution in [3.05, 3.63) is 54.0 Å². The van der Waals surface area contributed by atoms with Crippen molar-refractivity contribution in [1.29, 1.82) is 0 Å². The first kappa shape index (κ1) is 20.3. The summed E-state index contributed by atoms with van der Waals surface area (Å²) in [4.78, 5) is 24.0. The zero-order valence-electron chi connectivity index (χ0n) is 18.0. The van der Waals surface area contributed by atoms with Crippen molar-refractivity contribution in [2.24, 2.45) is 0 Å². The van der Waals surface area contributed by atoms with Gasteiger partial charge >= 0.3 is 0 Å². The number of halogens is 1. The van der Waals surface area contributed by atoms with Crippen LogP contribution >= 0.6 is 0 Å². The fourth-order valence-electron chi connectivity index (χ4n) is 4.33. The average molecular weight is 434 g/mol. The van der Waals surface area contributed by atoms with E-state index in [4.69, 9.17) is 0 Å². The molecule has 2 atom stereocenters. The van der Waals surface area contributed by atoms with Crippen LogP contribution < -0.4 is 15.5 Å². The standard InChI is InChI=1S/C22H23FN8O/c1-12-8-30(9-13(2)26-12)20-16-4-5-25-29-19(16)17(7-24-20)22(32)28-15-6-18(23)21-27-14(3)10-31(21)11-15/h4-7,10-13,26H,8-9H2,1-3H3,(H,28,32)/t12-,13-/m1/s1. The highest BCUT2D eigenvalue weighted by molar-refractivity contribution is 6.13. The lowest BCUT2D eigenvalue weighted by Crippen LogP contribution is -2.54. The Morgan fingerprint density at radius 3 is 2.81 bits per heavy atom. The van der Waals surface area contributed by atoms with Crippen molar-refractivity contribution in [2.45, 2.75) is 32.9 Å². The van der Waals surface area contributed by atoms with Gasteiger partial charge in [0, 0.05) is 55.2 Å². The van der Waals surface area contributed by atoms with Crippen LogP contribution in [0.2, 0.25) is 0 Å². The number of hydrogen-bond donors (Lipinski definition) is 2. The molecule has 10 heteroatoms. The lowest BCUT2D eigenvalue weighted by molar-refractivity contribution is 0.102. The monoisotopic (exact) mass is 434 g/mol. The third kappa shape index (κ3) is 3.62. The Morgan fingerprint density at radius 1 is 1.25 bits per heavy atom. The normalized spacial score (nSPS) is 18.9. The minimum Gasteiger partial charge on any atom is -0.353 e. The Balaban J connectivity index is 1.50. The molecule has 0 unspecified atom stereocenters. The second kappa shape index (κ2) is 7.79. The van der Waals surface area contributed by atoms with Crippen LogP contribution in [0.5, 0.6) is 0 Å². The number of aromatic nitrogens is 5. The molecule has 4 aromatic heterocycles. The minimum atomic E-state index is -0.518. The molecule has 0 radical (unpaired) electrons. The van der Waals surface area contributed by atoms with Gasteiger partial charge in [-0.05, 0) is 26.8 Å². The maximum Gasteiger partial charge on any atom is 0.259 e. The Morgan fingerprint density at radius 2 is 2.03 bits per heavy atom. The largest absolute Gasteiger partial charge is 0.353 e. The zero-order valence-corrected chi connectivity index (χ0v) is 18.0. The Hall–Kier alpha value is -3.66. The van der Waals surface area contributed by atoms with Gasteiger partial charge in [0.05, 0.1) is 23.1 Å². The van der Waals surface area contributed by atoms with Crippen LogP contribution in [0.25, 0.3) is 16.6 Å². The fraction of sp³-hybridized carbons (Fsp3) is 0.318. The number of fused-ring (bicyclic) bond motifs is 2. The predicted octanol–water partition coefficient (Wildman–Crippen LogP) is 2.56. The molecule has 1 saturated heterocycles. The van der Waals surface area contributed by atoms with Crippen LogP contribution in [0.3, 0.4) is 0 Å². The third-order valence-electron chi connectivity index (χ3n) is 5.52. The smallest absolute Gasteiger partial charge is 0.259 e. The number of anilines is 2. The summed E-state index contributed by atoms with van der Waals surface area (Å²) < 4.78 is 16.0. The summed E-state index contributed by atoms with van der Waals surface area (Å²) in [5.41, 5.74) is 1.93. The van der Waals surface area contributed by atoms with Crippen LogP contribution in [0.4, 0.5) is 15.9 Å². The highest BCUT2D eigenvalue weighted by Gasteiger charge is 2.25. The van der Waals surface area contributed by atoms with Gasteiger partial charge < -0.3 is 19.9 Å². The highest BCUT2D eigenvalue weighted by Crippen LogP contribution is 2.27. The van der Waals surface area contributed by atoms with E-state index in [-0.39, 0.29) is 11.2 Å². The Labute approximate surface area is 183 Å². The molecule has 164 valence electrons. The van der Waals surface area contributed by atoms with E-state index in [9.17, 15) is 9.18 Å². The molecule has 0 aromatic carbocycles. The van der Waals surface area contributed by atoms with Crippen molar-refractivity contribution in [3.63, 3.8) is 0 Å². The Bertz CT molecular complexity index is 1330. The van der Waals surface area contributed by atoms with Crippen LogP contribution in [0.15, 0.2) is 36.9 Å². The quantitative estimate of drug-likeness (QED) is 0.511. The van der Waals surface area contributed by atoms with Gasteiger partial charge in [-0.3, -0.25) is 4.79 Å². The van der Waals surface area contributed by atoms with Crippen molar-refractivity contribution >= 4 is 34.0 Å². The molecular weight excluding hydrogens is 411 g/mol. The summed E-state index contributed by atoms with van der Waals surface area (Å²) in [6, 6.07) is 3.69. The number of amides is 1. The van der Waals surface area contributed by atoms with Crippen LogP contribution in [-0.2, 0) is 0 Å². The van der Waals surface area contributed by atoms with E-state index in [0.717, 1.165) is 24.3 Å². The van der Waals surface area contributed by atoms with E-state index in [0.29, 0.717) is 29.0 Å². The molecule has 1 aliphatic rings. The van der Waals surface area contributed by atoms with Gasteiger partial charge in [-0.1, -0.05) is 0 Å². The third-order valence-corrected chi connectivity index (χ3v) is 5.52. The Kier molecular flexibility index (Phi) is 4.93. The number of pyridine rings is 2. The van der Waals surface area contributed by atoms with E-state index >= 15 is 0 Å². The SMILES string of the molecule is Cc1cn2cc(NC(=O)c3cnc(N4C[C@@H](C)N[C@H](C)C4)c4ccnnc34)cc(F)c2n1. The van der Waals surface area contributed by atoms with Gasteiger partial charge in [0.25, 0.3) is 5.91 Å². The number of hydrogen-bond acceptors (Lipinski definition) is 7. The van der Waals surface area contributed by atoms with Gasteiger partial charge in [0.15, 0.2) is 11.5 Å². The van der Waals surface area contributed by atoms with Crippen LogP contribution in [-0.4, -0.2) is 55.6 Å². The lowest BCUT2D eigenvalue weighted by Gasteiger charge is -2.37. The van der Waals surface area contributed by atoms with Crippen molar-refractivity contribution in [3.8, 4) is 0 Å². The van der Waals surface area contributed by atoms with E-state index in [1.807, 2.05) is 6.07 Å². The molecule has 0 aliphatic carbocycles. The molecule has 1 amide bonds. The summed E-state index contributed by atoms with van der Waals surface area (Å²) in [5.74, 6) is -0.184. The van der Waals surface area contributed by atoms with Crippen LogP contribution in [0.1, 0.15) is 29.9 Å². The number of piperazine rings is 1. The molecule has 4 aromatic rings. The predicted molar refractivity (Wildman–Crippen MR) is 119 cm³/mol. The van der Waals surface area contributed by atoms with Gasteiger partial charge in [0.2, 0.25) is 0 Å². The minimum absolute atomic E-state index is 0.210. The van der Waals surface area contributed by atoms with Crippen molar-refractivity contribution in [1.82, 2.24) is 29.9 Å². The number of carbonyl (C=O) groups is 1. The maximum absolute atomic E-state index is 14.4. The number of nitrogens with zero attached hydrogens (tertiary/aromatic N) is 6. The first-order valence-electron chi connectivity index (χ1n) is 10.5. The molecule has 0 spiro atoms. The van der Waals surface area contributed by atoms with Gasteiger partial charge in [-0.15, -0.1) is 5.10 Å². The molecule has 5 heterocycles. The van der Waals surface area contributed by atoms with Gasteiger partial charge in [-0.2, -0.15) is 5.10 Å². The topological polar surface area (TPSA) is 100 Å². The molecule has 2 N–H and O–H groups in total. The summed E-state index contributed by atoms with van der Waals surface area (Å²) in [5, 5.41) is 15.2. The summed E-state index contributed by atoms with van der Waals surface area (Å²) >= 11 is 0. The molecule has 5 rings (SSSR count). The van der Waals surface area contributed by atoms with E-state index < -0.39 is 11.7 Å². The number of aryl methyl sites for hydroxylation is 1.